The van der Waals surface area contributed by atoms with Gasteiger partial charge in [-0.2, -0.15) is 5.06 Å². The van der Waals surface area contributed by atoms with Gasteiger partial charge in [-0.25, -0.2) is 14.6 Å². The molecular weight excluding hydrogens is 282 g/mol. The van der Waals surface area contributed by atoms with Crippen LogP contribution in [0.25, 0.3) is 0 Å². The number of hydroxylamine groups is 2. The van der Waals surface area contributed by atoms with E-state index in [1.54, 1.807) is 11.6 Å². The maximum Gasteiger partial charge on any atom is 0.345 e. The summed E-state index contributed by atoms with van der Waals surface area (Å²) in [7, 11) is 1.30. The Morgan fingerprint density at radius 3 is 3.20 bits per heavy atom. The lowest BCUT2D eigenvalue weighted by Gasteiger charge is -2.27. The number of methoxy groups -OCH3 is 1. The summed E-state index contributed by atoms with van der Waals surface area (Å²) >= 11 is 1.41. The van der Waals surface area contributed by atoms with Gasteiger partial charge in [0.25, 0.3) is 0 Å². The van der Waals surface area contributed by atoms with E-state index in [9.17, 15) is 9.59 Å². The van der Waals surface area contributed by atoms with Gasteiger partial charge in [0.1, 0.15) is 6.04 Å². The van der Waals surface area contributed by atoms with Crippen molar-refractivity contribution < 1.29 is 19.2 Å². The Hall–Kier alpha value is -1.93. The molecule has 1 fully saturated rings. The topological polar surface area (TPSA) is 72.0 Å². The number of carbonyl (C=O) groups is 2. The minimum absolute atomic E-state index is 0.229. The minimum Gasteiger partial charge on any atom is -0.467 e. The molecule has 1 aromatic rings. The maximum atomic E-state index is 12.4. The second-order valence-corrected chi connectivity index (χ2v) is 5.27. The van der Waals surface area contributed by atoms with E-state index in [0.29, 0.717) is 12.2 Å². The molecule has 3 heterocycles. The summed E-state index contributed by atoms with van der Waals surface area (Å²) in [6.45, 7) is 4.19. The highest BCUT2D eigenvalue weighted by molar-refractivity contribution is 7.09. The van der Waals surface area contributed by atoms with Gasteiger partial charge in [-0.05, 0) is 0 Å². The molecule has 1 saturated heterocycles. The predicted molar refractivity (Wildman–Crippen MR) is 69.7 cm³/mol. The van der Waals surface area contributed by atoms with Gasteiger partial charge in [0.15, 0.2) is 6.04 Å². The van der Waals surface area contributed by atoms with Crippen molar-refractivity contribution in [3.05, 3.63) is 28.7 Å². The Morgan fingerprint density at radius 2 is 2.50 bits per heavy atom. The van der Waals surface area contributed by atoms with E-state index in [1.807, 2.05) is 0 Å². The third-order valence-corrected chi connectivity index (χ3v) is 4.29. The number of aromatic nitrogens is 1. The van der Waals surface area contributed by atoms with Crippen LogP contribution in [0.4, 0.5) is 4.79 Å². The summed E-state index contributed by atoms with van der Waals surface area (Å²) < 4.78 is 4.79. The zero-order valence-corrected chi connectivity index (χ0v) is 11.6. The van der Waals surface area contributed by atoms with Crippen LogP contribution in [0.3, 0.4) is 0 Å². The van der Waals surface area contributed by atoms with Gasteiger partial charge in [0, 0.05) is 0 Å². The number of fused-ring (bicyclic) bond motifs is 4. The van der Waals surface area contributed by atoms with E-state index < -0.39 is 12.0 Å². The van der Waals surface area contributed by atoms with E-state index in [1.165, 1.54) is 28.4 Å². The molecule has 8 heteroatoms. The molecule has 7 nitrogen and oxygen atoms in total. The summed E-state index contributed by atoms with van der Waals surface area (Å²) in [5, 5.41) is 1.29. The van der Waals surface area contributed by atoms with Crippen molar-refractivity contribution in [1.29, 1.82) is 0 Å². The third kappa shape index (κ3) is 1.72. The van der Waals surface area contributed by atoms with Crippen molar-refractivity contribution in [2.45, 2.75) is 12.1 Å². The normalized spacial score (nSPS) is 23.8. The number of urea groups is 1. The van der Waals surface area contributed by atoms with Gasteiger partial charge in [-0.1, -0.05) is 6.08 Å². The first-order chi connectivity index (χ1) is 9.69. The fourth-order valence-corrected chi connectivity index (χ4v) is 3.39. The number of amides is 2. The van der Waals surface area contributed by atoms with Gasteiger partial charge in [0.2, 0.25) is 0 Å². The van der Waals surface area contributed by atoms with Crippen molar-refractivity contribution in [3.8, 4) is 0 Å². The number of thiazole rings is 1. The van der Waals surface area contributed by atoms with Crippen LogP contribution in [0.5, 0.6) is 0 Å². The second kappa shape index (κ2) is 4.88. The molecule has 2 bridgehead atoms. The summed E-state index contributed by atoms with van der Waals surface area (Å²) in [5.41, 5.74) is 2.25. The number of carbonyl (C=O) groups excluding carboxylic acids is 2. The smallest absolute Gasteiger partial charge is 0.345 e. The highest BCUT2D eigenvalue weighted by Gasteiger charge is 2.52. The molecule has 2 atom stereocenters. The Labute approximate surface area is 119 Å². The van der Waals surface area contributed by atoms with E-state index in [2.05, 4.69) is 11.6 Å². The molecule has 0 spiro atoms. The van der Waals surface area contributed by atoms with Gasteiger partial charge >= 0.3 is 12.0 Å². The number of hydrogen-bond acceptors (Lipinski definition) is 6. The lowest BCUT2D eigenvalue weighted by molar-refractivity contribution is -0.146. The van der Waals surface area contributed by atoms with Gasteiger partial charge < -0.3 is 9.64 Å². The third-order valence-electron chi connectivity index (χ3n) is 3.34. The average molecular weight is 295 g/mol. The van der Waals surface area contributed by atoms with Gasteiger partial charge in [-0.3, -0.25) is 4.84 Å². The molecular formula is C12H13N3O4S. The maximum absolute atomic E-state index is 12.4. The first-order valence-corrected chi connectivity index (χ1v) is 6.91. The molecule has 1 unspecified atom stereocenters. The molecule has 2 aliphatic rings. The van der Waals surface area contributed by atoms with Crippen molar-refractivity contribution in [2.24, 2.45) is 0 Å². The van der Waals surface area contributed by atoms with Crippen LogP contribution in [0.2, 0.25) is 0 Å². The molecule has 2 amide bonds. The lowest BCUT2D eigenvalue weighted by atomic mass is 10.0. The molecule has 0 radical (unpaired) electrons. The minimum atomic E-state index is -0.790. The molecule has 2 aliphatic heterocycles. The monoisotopic (exact) mass is 295 g/mol. The van der Waals surface area contributed by atoms with Crippen LogP contribution >= 0.6 is 11.3 Å². The number of nitrogens with zero attached hydrogens (tertiary/aromatic N) is 3. The first kappa shape index (κ1) is 13.1. The molecule has 0 aromatic carbocycles. The molecule has 0 saturated carbocycles. The van der Waals surface area contributed by atoms with Crippen molar-refractivity contribution in [2.75, 3.05) is 20.3 Å². The highest BCUT2D eigenvalue weighted by atomic mass is 32.1. The Morgan fingerprint density at radius 1 is 1.70 bits per heavy atom. The fraction of sp³-hybridized carbons (Fsp3) is 0.417. The van der Waals surface area contributed by atoms with E-state index in [4.69, 9.17) is 9.57 Å². The standard InChI is InChI=1S/C12H13N3O4S/c1-3-4-19-15-7-5-14(12(15)17)9(11(16)18-2)8-10(7)20-6-13-8/h3,6-7,9H,1,4-5H2,2H3/t7?,9-/m0/s1. The fourth-order valence-electron chi connectivity index (χ4n) is 2.50. The molecule has 0 N–H and O–H groups in total. The number of hydrogen-bond donors (Lipinski definition) is 0. The van der Waals surface area contributed by atoms with Crippen LogP contribution < -0.4 is 0 Å². The van der Waals surface area contributed by atoms with Gasteiger partial charge in [-0.15, -0.1) is 17.9 Å². The zero-order chi connectivity index (χ0) is 14.3. The molecule has 20 heavy (non-hydrogen) atoms. The van der Waals surface area contributed by atoms with Crippen molar-refractivity contribution in [1.82, 2.24) is 14.9 Å². The number of esters is 1. The molecule has 1 aromatic heterocycles. The molecule has 106 valence electrons. The van der Waals surface area contributed by atoms with E-state index in [0.717, 1.165) is 4.88 Å². The first-order valence-electron chi connectivity index (χ1n) is 6.03. The Bertz CT molecular complexity index is 573. The van der Waals surface area contributed by atoms with Crippen LogP contribution in [0, 0.1) is 0 Å². The Kier molecular flexibility index (Phi) is 3.19. The largest absolute Gasteiger partial charge is 0.467 e. The summed E-state index contributed by atoms with van der Waals surface area (Å²) in [5.74, 6) is -0.491. The van der Waals surface area contributed by atoms with Crippen molar-refractivity contribution >= 4 is 23.3 Å². The lowest BCUT2D eigenvalue weighted by Crippen LogP contribution is -2.39. The molecule has 3 rings (SSSR count). The average Bonchev–Trinajstić information content (AvgIpc) is 3.03. The van der Waals surface area contributed by atoms with Crippen LogP contribution in [-0.4, -0.2) is 47.2 Å². The Balaban J connectivity index is 2.00. The molecule has 0 aliphatic carbocycles. The van der Waals surface area contributed by atoms with E-state index >= 15 is 0 Å². The number of ether oxygens (including phenoxy) is 1. The predicted octanol–water partition coefficient (Wildman–Crippen LogP) is 1.27. The number of rotatable bonds is 4. The van der Waals surface area contributed by atoms with E-state index in [-0.39, 0.29) is 18.7 Å². The van der Waals surface area contributed by atoms with Crippen LogP contribution in [0.1, 0.15) is 22.7 Å². The van der Waals surface area contributed by atoms with Crippen LogP contribution in [-0.2, 0) is 14.4 Å². The summed E-state index contributed by atoms with van der Waals surface area (Å²) in [6.07, 6.45) is 1.57. The van der Waals surface area contributed by atoms with Gasteiger partial charge in [0.05, 0.1) is 36.3 Å². The SMILES string of the molecule is C=CCON1C(=O)N2CC1c1scnc1[C@H]2C(=O)OC. The summed E-state index contributed by atoms with van der Waals surface area (Å²) in [6, 6.07) is -1.37. The van der Waals surface area contributed by atoms with Crippen molar-refractivity contribution in [3.63, 3.8) is 0 Å². The quantitative estimate of drug-likeness (QED) is 0.618. The van der Waals surface area contributed by atoms with Crippen LogP contribution in [0.15, 0.2) is 18.2 Å². The zero-order valence-electron chi connectivity index (χ0n) is 10.8. The second-order valence-electron chi connectivity index (χ2n) is 4.39. The highest BCUT2D eigenvalue weighted by Crippen LogP contribution is 2.45. The summed E-state index contributed by atoms with van der Waals surface area (Å²) in [4.78, 5) is 36.2.